The van der Waals surface area contributed by atoms with Gasteiger partial charge in [0.05, 0.1) is 6.10 Å². The summed E-state index contributed by atoms with van der Waals surface area (Å²) >= 11 is 0. The van der Waals surface area contributed by atoms with Gasteiger partial charge in [0.15, 0.2) is 6.10 Å². The van der Waals surface area contributed by atoms with Crippen molar-refractivity contribution in [3.05, 3.63) is 32.6 Å². The number of ether oxygens (including phenoxy) is 1. The van der Waals surface area contributed by atoms with E-state index in [1.165, 1.54) is 6.92 Å². The summed E-state index contributed by atoms with van der Waals surface area (Å²) in [5.41, 5.74) is -1.36. The molecule has 2 heterocycles. The number of aromatic nitrogens is 2. The maximum Gasteiger partial charge on any atom is 0.414 e. The highest BCUT2D eigenvalue weighted by molar-refractivity contribution is 5.02. The number of alkyl halides is 2. The summed E-state index contributed by atoms with van der Waals surface area (Å²) in [7, 11) is 0. The summed E-state index contributed by atoms with van der Waals surface area (Å²) in [6.07, 6.45) is -8.86. The van der Waals surface area contributed by atoms with Gasteiger partial charge in [0.25, 0.3) is 5.56 Å². The molecule has 20 heavy (non-hydrogen) atoms. The predicted octanol–water partition coefficient (Wildman–Crippen LogP) is -0.0127. The van der Waals surface area contributed by atoms with Gasteiger partial charge < -0.3 is 9.84 Å². The van der Waals surface area contributed by atoms with E-state index >= 15 is 0 Å². The van der Waals surface area contributed by atoms with Crippen molar-refractivity contribution in [3.63, 3.8) is 0 Å². The first kappa shape index (κ1) is 14.8. The Balaban J connectivity index is 2.32. The Morgan fingerprint density at radius 2 is 2.20 bits per heavy atom. The molecule has 0 radical (unpaired) electrons. The minimum absolute atomic E-state index is 0.152. The first-order valence-corrected chi connectivity index (χ1v) is 5.59. The van der Waals surface area contributed by atoms with Gasteiger partial charge in [-0.05, 0) is 11.4 Å². The molecule has 0 bridgehead atoms. The fourth-order valence-electron chi connectivity index (χ4n) is 1.97. The maximum atomic E-state index is 13.0. The lowest BCUT2D eigenvalue weighted by Crippen LogP contribution is -2.41. The first-order valence-electron chi connectivity index (χ1n) is 5.59. The average Bonchev–Trinajstić information content (AvgIpc) is 2.76. The second-order valence-corrected chi connectivity index (χ2v) is 4.43. The number of H-pyrrole nitrogens is 1. The van der Waals surface area contributed by atoms with E-state index in [1.54, 1.807) is 0 Å². The van der Waals surface area contributed by atoms with E-state index in [2.05, 4.69) is 4.94 Å². The molecule has 7 nitrogen and oxygen atoms in total. The highest BCUT2D eigenvalue weighted by Gasteiger charge is 2.53. The number of nitrogens with zero attached hydrogens (tertiary/aromatic N) is 1. The molecule has 1 aliphatic heterocycles. The zero-order valence-corrected chi connectivity index (χ0v) is 10.2. The Bertz CT molecular complexity index is 614. The molecule has 1 saturated heterocycles. The number of nitrogens with one attached hydrogen (secondary N) is 1. The number of aryl methyl sites for hydroxylation is 1. The summed E-state index contributed by atoms with van der Waals surface area (Å²) < 4.78 is 43.4. The smallest absolute Gasteiger partial charge is 0.390 e. The Morgan fingerprint density at radius 3 is 2.80 bits per heavy atom. The van der Waals surface area contributed by atoms with Crippen LogP contribution in [-0.2, 0) is 9.68 Å². The van der Waals surface area contributed by atoms with Gasteiger partial charge in [-0.1, -0.05) is 0 Å². The van der Waals surface area contributed by atoms with Crippen LogP contribution in [0.25, 0.3) is 0 Å². The second-order valence-electron chi connectivity index (χ2n) is 4.43. The molecule has 0 saturated carbocycles. The van der Waals surface area contributed by atoms with Crippen LogP contribution in [0.4, 0.5) is 13.3 Å². The van der Waals surface area contributed by atoms with Crippen LogP contribution in [0.5, 0.6) is 0 Å². The molecule has 2 rings (SSSR count). The minimum atomic E-state index is -4.34. The number of halogens is 3. The highest BCUT2D eigenvalue weighted by Crippen LogP contribution is 2.37. The SMILES string of the molecule is Cc1cn([C@H]2C[C@H](O)[C@@H](C(F)(F)OF)O2)c(=O)[nH]c1=O. The third-order valence-electron chi connectivity index (χ3n) is 2.99. The standard InChI is InChI=1S/C10H11F3N2O5/c1-4-3-15(9(18)14-8(4)17)6-2-5(16)7(19-6)10(11,12)20-13/h3,5-7,16H,2H2,1H3,(H,14,17,18)/t5-,6+,7-/m0/s1. The Kier molecular flexibility index (Phi) is 3.71. The molecule has 0 aromatic carbocycles. The number of aliphatic hydroxyl groups excluding tert-OH is 1. The van der Waals surface area contributed by atoms with Crippen molar-refractivity contribution in [1.82, 2.24) is 9.55 Å². The van der Waals surface area contributed by atoms with E-state index in [4.69, 9.17) is 4.74 Å². The minimum Gasteiger partial charge on any atom is -0.390 e. The van der Waals surface area contributed by atoms with Crippen molar-refractivity contribution in [1.29, 1.82) is 0 Å². The molecule has 0 amide bonds. The molecule has 1 aliphatic rings. The van der Waals surface area contributed by atoms with Gasteiger partial charge in [0.1, 0.15) is 6.23 Å². The fourth-order valence-corrected chi connectivity index (χ4v) is 1.97. The molecule has 112 valence electrons. The maximum absolute atomic E-state index is 13.0. The van der Waals surface area contributed by atoms with Crippen molar-refractivity contribution < 1.29 is 28.1 Å². The van der Waals surface area contributed by atoms with E-state index < -0.39 is 35.8 Å². The third kappa shape index (κ3) is 2.49. The second kappa shape index (κ2) is 5.04. The van der Waals surface area contributed by atoms with Crippen molar-refractivity contribution in [2.45, 2.75) is 37.9 Å². The molecule has 0 unspecified atom stereocenters. The van der Waals surface area contributed by atoms with Crippen molar-refractivity contribution >= 4 is 0 Å². The van der Waals surface area contributed by atoms with Crippen molar-refractivity contribution in [3.8, 4) is 0 Å². The van der Waals surface area contributed by atoms with Crippen LogP contribution in [0.1, 0.15) is 18.2 Å². The van der Waals surface area contributed by atoms with E-state index in [0.29, 0.717) is 0 Å². The Hall–Kier alpha value is -1.65. The van der Waals surface area contributed by atoms with Crippen LogP contribution in [0.3, 0.4) is 0 Å². The highest BCUT2D eigenvalue weighted by atomic mass is 19.4. The molecule has 2 N–H and O–H groups in total. The van der Waals surface area contributed by atoms with E-state index in [1.807, 2.05) is 4.98 Å². The zero-order valence-electron chi connectivity index (χ0n) is 10.2. The normalized spacial score (nSPS) is 26.9. The number of rotatable bonds is 3. The third-order valence-corrected chi connectivity index (χ3v) is 2.99. The summed E-state index contributed by atoms with van der Waals surface area (Å²) in [5, 5.41) is 9.46. The van der Waals surface area contributed by atoms with Crippen molar-refractivity contribution in [2.24, 2.45) is 0 Å². The van der Waals surface area contributed by atoms with Crippen molar-refractivity contribution in [2.75, 3.05) is 0 Å². The van der Waals surface area contributed by atoms with Gasteiger partial charge in [0, 0.05) is 18.2 Å². The van der Waals surface area contributed by atoms with Gasteiger partial charge >= 0.3 is 11.8 Å². The molecule has 1 fully saturated rings. The van der Waals surface area contributed by atoms with Gasteiger partial charge in [-0.15, -0.1) is 4.94 Å². The Labute approximate surface area is 109 Å². The topological polar surface area (TPSA) is 93.6 Å². The molecular formula is C10H11F3N2O5. The quantitative estimate of drug-likeness (QED) is 0.818. The number of aromatic amines is 1. The molecule has 0 aliphatic carbocycles. The van der Waals surface area contributed by atoms with Crippen LogP contribution in [0, 0.1) is 6.92 Å². The lowest BCUT2D eigenvalue weighted by atomic mass is 10.1. The van der Waals surface area contributed by atoms with E-state index in [0.717, 1.165) is 10.8 Å². The number of aliphatic hydroxyl groups is 1. The van der Waals surface area contributed by atoms with E-state index in [9.17, 15) is 28.0 Å². The molecule has 1 aromatic rings. The Morgan fingerprint density at radius 1 is 1.55 bits per heavy atom. The summed E-state index contributed by atoms with van der Waals surface area (Å²) in [5.74, 6) is 0. The van der Waals surface area contributed by atoms with Gasteiger partial charge in [0.2, 0.25) is 0 Å². The van der Waals surface area contributed by atoms with Gasteiger partial charge in [-0.25, -0.2) is 4.79 Å². The van der Waals surface area contributed by atoms with Gasteiger partial charge in [-0.2, -0.15) is 8.78 Å². The predicted molar refractivity (Wildman–Crippen MR) is 57.7 cm³/mol. The molecule has 10 heteroatoms. The summed E-state index contributed by atoms with van der Waals surface area (Å²) in [4.78, 5) is 27.2. The lowest BCUT2D eigenvalue weighted by Gasteiger charge is -2.21. The molecule has 3 atom stereocenters. The lowest BCUT2D eigenvalue weighted by molar-refractivity contribution is -0.393. The summed E-state index contributed by atoms with van der Waals surface area (Å²) in [6, 6.07) is 0. The van der Waals surface area contributed by atoms with Crippen LogP contribution < -0.4 is 11.2 Å². The summed E-state index contributed by atoms with van der Waals surface area (Å²) in [6.45, 7) is 1.40. The molecular weight excluding hydrogens is 285 g/mol. The van der Waals surface area contributed by atoms with Crippen LogP contribution in [0.2, 0.25) is 0 Å². The monoisotopic (exact) mass is 296 g/mol. The fraction of sp³-hybridized carbons (Fsp3) is 0.600. The van der Waals surface area contributed by atoms with Crippen LogP contribution >= 0.6 is 0 Å². The van der Waals surface area contributed by atoms with Gasteiger partial charge in [-0.3, -0.25) is 14.3 Å². The zero-order chi connectivity index (χ0) is 15.1. The largest absolute Gasteiger partial charge is 0.414 e. The molecule has 0 spiro atoms. The first-order chi connectivity index (χ1) is 9.26. The van der Waals surface area contributed by atoms with Crippen LogP contribution in [0.15, 0.2) is 15.8 Å². The molecule has 1 aromatic heterocycles. The average molecular weight is 296 g/mol. The van der Waals surface area contributed by atoms with Crippen LogP contribution in [-0.4, -0.2) is 33.0 Å². The number of hydrogen-bond donors (Lipinski definition) is 2. The van der Waals surface area contributed by atoms with E-state index in [-0.39, 0.29) is 12.0 Å². The number of hydrogen-bond acceptors (Lipinski definition) is 5.